The largest absolute Gasteiger partial charge is 0.508 e. The number of cyclic esters (lactones) is 1. The Morgan fingerprint density at radius 1 is 0.930 bits per heavy atom. The van der Waals surface area contributed by atoms with Crippen molar-refractivity contribution in [3.8, 4) is 28.1 Å². The fourth-order valence-electron chi connectivity index (χ4n) is 11.5. The first-order valence-corrected chi connectivity index (χ1v) is 25.5. The number of hydrogen-bond donors (Lipinski definition) is 3. The Labute approximate surface area is 419 Å². The molecule has 3 N–H and O–H groups in total. The topological polar surface area (TPSA) is 157 Å². The Kier molecular flexibility index (Phi) is 15.0. The molecule has 4 atom stereocenters. The highest BCUT2D eigenvalue weighted by Crippen LogP contribution is 2.42. The van der Waals surface area contributed by atoms with Crippen molar-refractivity contribution in [2.45, 2.75) is 110 Å². The lowest BCUT2D eigenvalue weighted by Crippen LogP contribution is -2.67. The lowest BCUT2D eigenvalue weighted by Gasteiger charge is -2.41. The molecule has 0 radical (unpaired) electrons. The standard InChI is InChI=1S/C57H73N7O7/c1-10-49(66)62-27-23-42(34-62)53(68)61(9)50(36(4)5)52(67)58-57(11-2)32-37-28-43(30-44(65)29-37)41-19-20-48-45(31-41)46(33-56(6,7)35-71-54(69)47-14-13-24-64(59-47)55(57)70)51(63(48)12-3)40-17-15-38(16-18-40)39-21-25-60(8)26-22-39/h10-11,15-20,28-31,36,39,42,47,50,59,65H,1-2,12-14,21-27,32-35H2,3-9H3,(H,58,67)/t42-,47-,50?,57?/m0/s1. The van der Waals surface area contributed by atoms with Gasteiger partial charge in [0.2, 0.25) is 17.7 Å². The number of hydrogen-bond acceptors (Lipinski definition) is 9. The first-order valence-electron chi connectivity index (χ1n) is 25.5. The molecule has 5 heterocycles. The Hall–Kier alpha value is -6.25. The first-order chi connectivity index (χ1) is 33.8. The number of benzene rings is 3. The van der Waals surface area contributed by atoms with Gasteiger partial charge in [0.15, 0.2) is 0 Å². The molecule has 2 unspecified atom stereocenters. The predicted octanol–water partition coefficient (Wildman–Crippen LogP) is 7.23. The third kappa shape index (κ3) is 10.6. The van der Waals surface area contributed by atoms with E-state index in [-0.39, 0.29) is 49.6 Å². The van der Waals surface area contributed by atoms with Crippen LogP contribution in [0, 0.1) is 17.3 Å². The van der Waals surface area contributed by atoms with Crippen LogP contribution in [0.1, 0.15) is 89.3 Å². The van der Waals surface area contributed by atoms with Crippen LogP contribution in [0.25, 0.3) is 33.3 Å². The van der Waals surface area contributed by atoms with E-state index in [1.54, 1.807) is 24.1 Å². The fraction of sp³-hybridized carbons (Fsp3) is 0.491. The molecule has 14 heteroatoms. The smallest absolute Gasteiger partial charge is 0.324 e. The van der Waals surface area contributed by atoms with Crippen LogP contribution in [0.2, 0.25) is 0 Å². The Bertz CT molecular complexity index is 2700. The van der Waals surface area contributed by atoms with Gasteiger partial charge in [0.05, 0.1) is 18.2 Å². The summed E-state index contributed by atoms with van der Waals surface area (Å²) in [5.41, 5.74) is 8.73. The first kappa shape index (κ1) is 51.1. The number of fused-ring (bicyclic) bond motifs is 6. The number of piperidine rings is 1. The number of aromatic hydroxyl groups is 1. The maximum absolute atomic E-state index is 15.2. The second-order valence-electron chi connectivity index (χ2n) is 21.6. The number of carbonyl (C=O) groups is 5. The maximum atomic E-state index is 15.2. The van der Waals surface area contributed by atoms with E-state index in [0.29, 0.717) is 49.3 Å². The number of carbonyl (C=O) groups excluding carboxylic acids is 5. The van der Waals surface area contributed by atoms with Gasteiger partial charge >= 0.3 is 5.97 Å². The monoisotopic (exact) mass is 968 g/mol. The molecule has 4 aliphatic heterocycles. The van der Waals surface area contributed by atoms with Gasteiger partial charge in [-0.05, 0) is 141 Å². The molecule has 8 rings (SSSR count). The number of esters is 1. The van der Waals surface area contributed by atoms with E-state index in [2.05, 4.69) is 104 Å². The quantitative estimate of drug-likeness (QED) is 0.0848. The van der Waals surface area contributed by atoms with Crippen molar-refractivity contribution in [1.29, 1.82) is 0 Å². The summed E-state index contributed by atoms with van der Waals surface area (Å²) in [5, 5.41) is 17.0. The second-order valence-corrected chi connectivity index (χ2v) is 21.6. The molecule has 4 amide bonds. The highest BCUT2D eigenvalue weighted by molar-refractivity contribution is 5.98. The molecule has 4 aromatic rings. The number of nitrogens with zero attached hydrogens (tertiary/aromatic N) is 5. The van der Waals surface area contributed by atoms with E-state index in [1.807, 2.05) is 19.9 Å². The van der Waals surface area contributed by atoms with E-state index in [0.717, 1.165) is 65.8 Å². The van der Waals surface area contributed by atoms with E-state index in [4.69, 9.17) is 4.74 Å². The molecule has 3 aromatic carbocycles. The van der Waals surface area contributed by atoms with E-state index in [1.165, 1.54) is 27.6 Å². The van der Waals surface area contributed by atoms with Gasteiger partial charge in [0.25, 0.3) is 5.91 Å². The van der Waals surface area contributed by atoms with Crippen molar-refractivity contribution < 1.29 is 33.8 Å². The third-order valence-electron chi connectivity index (χ3n) is 15.4. The van der Waals surface area contributed by atoms with Crippen molar-refractivity contribution in [3.63, 3.8) is 0 Å². The van der Waals surface area contributed by atoms with Gasteiger partial charge in [0, 0.05) is 56.0 Å². The van der Waals surface area contributed by atoms with Crippen LogP contribution in [0.5, 0.6) is 5.75 Å². The minimum atomic E-state index is -1.82. The Balaban J connectivity index is 1.21. The van der Waals surface area contributed by atoms with Crippen LogP contribution in [0.4, 0.5) is 0 Å². The van der Waals surface area contributed by atoms with E-state index in [9.17, 15) is 24.3 Å². The number of likely N-dealkylation sites (tertiary alicyclic amines) is 2. The summed E-state index contributed by atoms with van der Waals surface area (Å²) in [6, 6.07) is 18.8. The van der Waals surface area contributed by atoms with E-state index >= 15 is 4.79 Å². The molecule has 378 valence electrons. The van der Waals surface area contributed by atoms with Crippen LogP contribution < -0.4 is 10.7 Å². The highest BCUT2D eigenvalue weighted by Gasteiger charge is 2.46. The van der Waals surface area contributed by atoms with Gasteiger partial charge in [-0.25, -0.2) is 5.43 Å². The summed E-state index contributed by atoms with van der Waals surface area (Å²) in [6.07, 6.45) is 6.74. The van der Waals surface area contributed by atoms with Crippen LogP contribution in [-0.4, -0.2) is 130 Å². The molecule has 0 spiro atoms. The summed E-state index contributed by atoms with van der Waals surface area (Å²) >= 11 is 0. The van der Waals surface area contributed by atoms with Crippen LogP contribution in [-0.2, 0) is 48.1 Å². The van der Waals surface area contributed by atoms with Crippen molar-refractivity contribution >= 4 is 40.5 Å². The normalized spacial score (nSPS) is 22.7. The van der Waals surface area contributed by atoms with Gasteiger partial charge in [-0.2, -0.15) is 0 Å². The zero-order chi connectivity index (χ0) is 50.9. The SMILES string of the molecule is C=CC(=O)N1CC[C@H](C(=O)N(C)C(C(=O)NC2(C=C)Cc3cc(O)cc(c3)-c3ccc4c(c3)c(c(-c3ccc(C5CCN(C)CC5)cc3)n4CC)CC(C)(C)COC(=O)[C@@H]3CCCN(N3)C2=O)C(C)C)C1. The van der Waals surface area contributed by atoms with Gasteiger partial charge in [-0.1, -0.05) is 76.7 Å². The number of amides is 4. The van der Waals surface area contributed by atoms with E-state index < -0.39 is 46.7 Å². The average molecular weight is 968 g/mol. The van der Waals surface area contributed by atoms with Gasteiger partial charge in [-0.15, -0.1) is 6.58 Å². The molecular formula is C57H73N7O7. The van der Waals surface area contributed by atoms with Crippen LogP contribution in [0.15, 0.2) is 86.0 Å². The summed E-state index contributed by atoms with van der Waals surface area (Å²) < 4.78 is 8.54. The summed E-state index contributed by atoms with van der Waals surface area (Å²) in [4.78, 5) is 76.0. The molecule has 4 aliphatic rings. The zero-order valence-corrected chi connectivity index (χ0v) is 42.8. The molecular weight excluding hydrogens is 895 g/mol. The molecule has 3 saturated heterocycles. The average Bonchev–Trinajstić information content (AvgIpc) is 3.97. The summed E-state index contributed by atoms with van der Waals surface area (Å²) in [7, 11) is 3.76. The number of aryl methyl sites for hydroxylation is 1. The molecule has 0 saturated carbocycles. The Morgan fingerprint density at radius 2 is 1.65 bits per heavy atom. The Morgan fingerprint density at radius 3 is 2.32 bits per heavy atom. The number of rotatable bonds is 10. The fourth-order valence-corrected chi connectivity index (χ4v) is 11.5. The molecule has 14 nitrogen and oxygen atoms in total. The van der Waals surface area contributed by atoms with Crippen molar-refractivity contribution in [2.75, 3.05) is 53.4 Å². The predicted molar refractivity (Wildman–Crippen MR) is 277 cm³/mol. The van der Waals surface area contributed by atoms with Crippen LogP contribution >= 0.6 is 0 Å². The second kappa shape index (κ2) is 20.8. The molecule has 71 heavy (non-hydrogen) atoms. The van der Waals surface area contributed by atoms with Gasteiger partial charge < -0.3 is 34.4 Å². The van der Waals surface area contributed by atoms with Crippen molar-refractivity contribution in [2.24, 2.45) is 17.3 Å². The lowest BCUT2D eigenvalue weighted by molar-refractivity contribution is -0.156. The number of phenolic OH excluding ortho intramolecular Hbond substituents is 1. The minimum absolute atomic E-state index is 0.0218. The maximum Gasteiger partial charge on any atom is 0.324 e. The number of nitrogens with one attached hydrogen (secondary N) is 2. The van der Waals surface area contributed by atoms with Gasteiger partial charge in [-0.3, -0.25) is 29.0 Å². The molecule has 6 bridgehead atoms. The molecule has 3 fully saturated rings. The third-order valence-corrected chi connectivity index (χ3v) is 15.4. The summed E-state index contributed by atoms with van der Waals surface area (Å²) in [5.74, 6) is -2.56. The van der Waals surface area contributed by atoms with Crippen molar-refractivity contribution in [1.82, 2.24) is 35.0 Å². The molecule has 0 aliphatic carbocycles. The zero-order valence-electron chi connectivity index (χ0n) is 42.8. The van der Waals surface area contributed by atoms with Crippen molar-refractivity contribution in [3.05, 3.63) is 103 Å². The number of hydrazine groups is 1. The summed E-state index contributed by atoms with van der Waals surface area (Å²) in [6.45, 7) is 21.6. The minimum Gasteiger partial charge on any atom is -0.508 e. The number of ether oxygens (including phenoxy) is 1. The van der Waals surface area contributed by atoms with Crippen LogP contribution in [0.3, 0.4) is 0 Å². The van der Waals surface area contributed by atoms with Gasteiger partial charge in [0.1, 0.15) is 23.4 Å². The number of aromatic nitrogens is 1. The number of likely N-dealkylation sites (N-methyl/N-ethyl adjacent to an activating group) is 1. The number of phenols is 1. The lowest BCUT2D eigenvalue weighted by atomic mass is 9.83. The highest BCUT2D eigenvalue weighted by atomic mass is 16.5. The molecule has 1 aromatic heterocycles.